The molecule has 0 aliphatic heterocycles. The Hall–Kier alpha value is -1.24. The van der Waals surface area contributed by atoms with Gasteiger partial charge in [-0.25, -0.2) is 0 Å². The highest BCUT2D eigenvalue weighted by Gasteiger charge is 2.41. The van der Waals surface area contributed by atoms with Gasteiger partial charge in [0.05, 0.1) is 0 Å². The van der Waals surface area contributed by atoms with Gasteiger partial charge in [-0.2, -0.15) is 0 Å². The van der Waals surface area contributed by atoms with Crippen LogP contribution in [0.5, 0.6) is 5.75 Å². The molecule has 0 saturated heterocycles. The highest BCUT2D eigenvalue weighted by atomic mass is 16.3. The molecular weight excluding hydrogens is 280 g/mol. The monoisotopic (exact) mass is 312 g/mol. The van der Waals surface area contributed by atoms with Gasteiger partial charge in [0, 0.05) is 5.56 Å². The lowest BCUT2D eigenvalue weighted by Gasteiger charge is -2.34. The average molecular weight is 312 g/mol. The maximum atomic E-state index is 11.2. The maximum absolute atomic E-state index is 11.2. The molecule has 2 aliphatic rings. The molecule has 1 fully saturated rings. The van der Waals surface area contributed by atoms with Crippen molar-refractivity contribution >= 4 is 0 Å². The van der Waals surface area contributed by atoms with Crippen molar-refractivity contribution in [2.45, 2.75) is 78.1 Å². The van der Waals surface area contributed by atoms with E-state index in [9.17, 15) is 5.11 Å². The molecule has 3 atom stereocenters. The van der Waals surface area contributed by atoms with Crippen LogP contribution in [-0.2, 0) is 10.8 Å². The minimum absolute atomic E-state index is 0.0397. The summed E-state index contributed by atoms with van der Waals surface area (Å²) in [7, 11) is 0. The molecule has 1 nitrogen and oxygen atoms in total. The Bertz CT molecular complexity index is 652. The molecule has 3 rings (SSSR count). The zero-order valence-electron chi connectivity index (χ0n) is 15.8. The zero-order valence-corrected chi connectivity index (χ0v) is 15.8. The molecule has 1 N–H and O–H groups in total. The Balaban J connectivity index is 2.24. The molecule has 2 bridgehead atoms. The normalized spacial score (nSPS) is 27.0. The Morgan fingerprint density at radius 2 is 1.61 bits per heavy atom. The van der Waals surface area contributed by atoms with E-state index in [-0.39, 0.29) is 10.8 Å². The molecule has 0 radical (unpaired) electrons. The molecule has 0 spiro atoms. The predicted octanol–water partition coefficient (Wildman–Crippen LogP) is 5.98. The number of allylic oxidation sites excluding steroid dienone is 2. The molecule has 0 aromatic heterocycles. The van der Waals surface area contributed by atoms with Gasteiger partial charge in [-0.1, -0.05) is 59.8 Å². The summed E-state index contributed by atoms with van der Waals surface area (Å²) in [5.74, 6) is 2.54. The first-order valence-electron chi connectivity index (χ1n) is 9.06. The number of benzene rings is 1. The SMILES string of the molecule is Cc1cc(C(C)(C)C)c(O)c(C(C)(C)C)c1C1CC2C=CC1C2. The molecule has 2 aliphatic carbocycles. The third-order valence-electron chi connectivity index (χ3n) is 5.75. The Morgan fingerprint density at radius 3 is 2.04 bits per heavy atom. The Labute approximate surface area is 141 Å². The largest absolute Gasteiger partial charge is 0.507 e. The molecule has 1 aromatic rings. The summed E-state index contributed by atoms with van der Waals surface area (Å²) in [6.45, 7) is 15.5. The Kier molecular flexibility index (Phi) is 3.70. The van der Waals surface area contributed by atoms with Gasteiger partial charge < -0.3 is 5.11 Å². The van der Waals surface area contributed by atoms with Crippen LogP contribution < -0.4 is 0 Å². The highest BCUT2D eigenvalue weighted by Crippen LogP contribution is 2.54. The summed E-state index contributed by atoms with van der Waals surface area (Å²) in [6, 6.07) is 2.25. The van der Waals surface area contributed by atoms with Crippen LogP contribution in [0, 0.1) is 18.8 Å². The van der Waals surface area contributed by atoms with Crippen molar-refractivity contribution in [1.82, 2.24) is 0 Å². The second-order valence-electron chi connectivity index (χ2n) is 9.77. The average Bonchev–Trinajstić information content (AvgIpc) is 3.00. The van der Waals surface area contributed by atoms with E-state index in [2.05, 4.69) is 66.7 Å². The number of phenolic OH excluding ortho intramolecular Hbond substituents is 1. The van der Waals surface area contributed by atoms with E-state index in [1.807, 2.05) is 0 Å². The van der Waals surface area contributed by atoms with Crippen LogP contribution in [0.4, 0.5) is 0 Å². The summed E-state index contributed by atoms with van der Waals surface area (Å²) in [6.07, 6.45) is 7.37. The quantitative estimate of drug-likeness (QED) is 0.633. The maximum Gasteiger partial charge on any atom is 0.123 e. The number of hydrogen-bond acceptors (Lipinski definition) is 1. The van der Waals surface area contributed by atoms with Crippen LogP contribution >= 0.6 is 0 Å². The number of phenols is 1. The van der Waals surface area contributed by atoms with E-state index < -0.39 is 0 Å². The van der Waals surface area contributed by atoms with Crippen LogP contribution in [0.2, 0.25) is 0 Å². The van der Waals surface area contributed by atoms with E-state index in [1.165, 1.54) is 29.5 Å². The molecule has 0 amide bonds. The van der Waals surface area contributed by atoms with Gasteiger partial charge in [-0.15, -0.1) is 0 Å². The van der Waals surface area contributed by atoms with Gasteiger partial charge >= 0.3 is 0 Å². The van der Waals surface area contributed by atoms with Crippen molar-refractivity contribution in [3.63, 3.8) is 0 Å². The summed E-state index contributed by atoms with van der Waals surface area (Å²) in [4.78, 5) is 0. The lowest BCUT2D eigenvalue weighted by atomic mass is 9.71. The summed E-state index contributed by atoms with van der Waals surface area (Å²) in [5, 5.41) is 11.2. The van der Waals surface area contributed by atoms with E-state index in [0.717, 1.165) is 11.5 Å². The predicted molar refractivity (Wildman–Crippen MR) is 98.3 cm³/mol. The van der Waals surface area contributed by atoms with Crippen LogP contribution in [0.1, 0.15) is 82.6 Å². The van der Waals surface area contributed by atoms with E-state index in [4.69, 9.17) is 0 Å². The fourth-order valence-corrected chi connectivity index (χ4v) is 4.74. The lowest BCUT2D eigenvalue weighted by Crippen LogP contribution is -2.22. The number of rotatable bonds is 1. The molecular formula is C22H32O. The third-order valence-corrected chi connectivity index (χ3v) is 5.75. The number of aromatic hydroxyl groups is 1. The summed E-state index contributed by atoms with van der Waals surface area (Å²) in [5.41, 5.74) is 4.98. The zero-order chi connectivity index (χ0) is 17.2. The van der Waals surface area contributed by atoms with Gasteiger partial charge in [0.1, 0.15) is 5.75 Å². The van der Waals surface area contributed by atoms with Gasteiger partial charge in [0.25, 0.3) is 0 Å². The Morgan fingerprint density at radius 1 is 0.957 bits per heavy atom. The minimum Gasteiger partial charge on any atom is -0.507 e. The van der Waals surface area contributed by atoms with Crippen LogP contribution in [0.3, 0.4) is 0 Å². The van der Waals surface area contributed by atoms with E-state index in [0.29, 0.717) is 17.6 Å². The molecule has 1 aromatic carbocycles. The molecule has 1 heteroatoms. The number of aryl methyl sites for hydroxylation is 1. The van der Waals surface area contributed by atoms with Crippen molar-refractivity contribution in [3.05, 3.63) is 40.5 Å². The topological polar surface area (TPSA) is 20.2 Å². The van der Waals surface area contributed by atoms with Gasteiger partial charge in [-0.3, -0.25) is 0 Å². The van der Waals surface area contributed by atoms with Crippen molar-refractivity contribution < 1.29 is 5.11 Å². The minimum atomic E-state index is -0.0447. The van der Waals surface area contributed by atoms with Crippen LogP contribution in [0.15, 0.2) is 18.2 Å². The number of fused-ring (bicyclic) bond motifs is 2. The molecule has 23 heavy (non-hydrogen) atoms. The first kappa shape index (κ1) is 16.6. The van der Waals surface area contributed by atoms with Gasteiger partial charge in [-0.05, 0) is 65.0 Å². The van der Waals surface area contributed by atoms with Crippen LogP contribution in [0.25, 0.3) is 0 Å². The molecule has 126 valence electrons. The second-order valence-corrected chi connectivity index (χ2v) is 9.77. The van der Waals surface area contributed by atoms with Crippen molar-refractivity contribution in [2.75, 3.05) is 0 Å². The first-order valence-corrected chi connectivity index (χ1v) is 9.06. The number of hydrogen-bond donors (Lipinski definition) is 1. The molecule has 3 unspecified atom stereocenters. The van der Waals surface area contributed by atoms with Crippen molar-refractivity contribution in [3.8, 4) is 5.75 Å². The molecule has 0 heterocycles. The third kappa shape index (κ3) is 2.73. The molecule has 1 saturated carbocycles. The van der Waals surface area contributed by atoms with Crippen LogP contribution in [-0.4, -0.2) is 5.11 Å². The fourth-order valence-electron chi connectivity index (χ4n) is 4.74. The van der Waals surface area contributed by atoms with Gasteiger partial charge in [0.15, 0.2) is 0 Å². The van der Waals surface area contributed by atoms with Gasteiger partial charge in [0.2, 0.25) is 0 Å². The smallest absolute Gasteiger partial charge is 0.123 e. The standard InChI is InChI=1S/C22H32O/c1-13-10-17(21(2,3)4)20(23)19(22(5,6)7)18(13)16-12-14-8-9-15(16)11-14/h8-10,14-16,23H,11-12H2,1-7H3. The van der Waals surface area contributed by atoms with E-state index in [1.54, 1.807) is 0 Å². The fraction of sp³-hybridized carbons (Fsp3) is 0.636. The van der Waals surface area contributed by atoms with E-state index >= 15 is 0 Å². The van der Waals surface area contributed by atoms with Crippen molar-refractivity contribution in [2.24, 2.45) is 11.8 Å². The second kappa shape index (κ2) is 5.13. The highest BCUT2D eigenvalue weighted by molar-refractivity contribution is 5.56. The summed E-state index contributed by atoms with van der Waals surface area (Å²) < 4.78 is 0. The lowest BCUT2D eigenvalue weighted by molar-refractivity contribution is 0.415. The summed E-state index contributed by atoms with van der Waals surface area (Å²) >= 11 is 0. The van der Waals surface area contributed by atoms with Crippen molar-refractivity contribution in [1.29, 1.82) is 0 Å². The first-order chi connectivity index (χ1) is 10.5.